The molecule has 1 aromatic rings. The molecule has 1 saturated carbocycles. The fourth-order valence-corrected chi connectivity index (χ4v) is 3.32. The Labute approximate surface area is 127 Å². The Kier molecular flexibility index (Phi) is 4.91. The van der Waals surface area contributed by atoms with Crippen molar-refractivity contribution in [1.82, 2.24) is 14.9 Å². The quantitative estimate of drug-likeness (QED) is 0.922. The molecule has 0 amide bonds. The third-order valence-corrected chi connectivity index (χ3v) is 4.72. The second-order valence-electron chi connectivity index (χ2n) is 6.14. The van der Waals surface area contributed by atoms with Gasteiger partial charge in [0.2, 0.25) is 5.95 Å². The maximum atomic E-state index is 4.73. The van der Waals surface area contributed by atoms with Gasteiger partial charge in [0.05, 0.1) is 0 Å². The molecule has 1 aromatic heterocycles. The molecular weight excluding hydrogens is 262 g/mol. The first-order valence-corrected chi connectivity index (χ1v) is 8.42. The lowest BCUT2D eigenvalue weighted by Gasteiger charge is -2.34. The highest BCUT2D eigenvalue weighted by Crippen LogP contribution is 2.21. The van der Waals surface area contributed by atoms with Crippen molar-refractivity contribution in [2.45, 2.75) is 45.1 Å². The fourth-order valence-electron chi connectivity index (χ4n) is 3.32. The van der Waals surface area contributed by atoms with E-state index in [4.69, 9.17) is 4.98 Å². The van der Waals surface area contributed by atoms with Crippen molar-refractivity contribution in [1.29, 1.82) is 0 Å². The highest BCUT2D eigenvalue weighted by Gasteiger charge is 2.18. The minimum absolute atomic E-state index is 0.561. The maximum absolute atomic E-state index is 4.73. The van der Waals surface area contributed by atoms with Gasteiger partial charge in [-0.25, -0.2) is 4.98 Å². The van der Waals surface area contributed by atoms with Gasteiger partial charge in [-0.3, -0.25) is 0 Å². The van der Waals surface area contributed by atoms with E-state index in [0.29, 0.717) is 6.04 Å². The molecule has 1 saturated heterocycles. The van der Waals surface area contributed by atoms with E-state index < -0.39 is 0 Å². The van der Waals surface area contributed by atoms with Crippen LogP contribution < -0.4 is 10.2 Å². The number of aromatic nitrogens is 2. The summed E-state index contributed by atoms with van der Waals surface area (Å²) in [6.07, 6.45) is 8.43. The van der Waals surface area contributed by atoms with Crippen molar-refractivity contribution in [3.05, 3.63) is 12.3 Å². The predicted octanol–water partition coefficient (Wildman–Crippen LogP) is 2.36. The second-order valence-corrected chi connectivity index (χ2v) is 6.14. The van der Waals surface area contributed by atoms with Crippen molar-refractivity contribution < 1.29 is 0 Å². The summed E-state index contributed by atoms with van der Waals surface area (Å²) in [5, 5.41) is 3.52. The molecule has 21 heavy (non-hydrogen) atoms. The molecule has 5 nitrogen and oxygen atoms in total. The Morgan fingerprint density at radius 2 is 1.90 bits per heavy atom. The van der Waals surface area contributed by atoms with E-state index >= 15 is 0 Å². The minimum atomic E-state index is 0.561. The van der Waals surface area contributed by atoms with Gasteiger partial charge in [0.1, 0.15) is 5.82 Å². The molecule has 1 N–H and O–H groups in total. The minimum Gasteiger partial charge on any atom is -0.354 e. The van der Waals surface area contributed by atoms with E-state index in [1.807, 2.05) is 12.3 Å². The molecule has 0 unspecified atom stereocenters. The predicted molar refractivity (Wildman–Crippen MR) is 86.9 cm³/mol. The van der Waals surface area contributed by atoms with Crippen LogP contribution in [-0.4, -0.2) is 53.6 Å². The van der Waals surface area contributed by atoms with Crippen LogP contribution in [0, 0.1) is 0 Å². The summed E-state index contributed by atoms with van der Waals surface area (Å²) in [6, 6.07) is 2.60. The highest BCUT2D eigenvalue weighted by molar-refractivity contribution is 5.43. The number of anilines is 2. The lowest BCUT2D eigenvalue weighted by atomic mass is 9.96. The van der Waals surface area contributed by atoms with E-state index in [-0.39, 0.29) is 0 Å². The van der Waals surface area contributed by atoms with E-state index in [9.17, 15) is 0 Å². The molecular formula is C16H27N5. The van der Waals surface area contributed by atoms with Crippen LogP contribution in [-0.2, 0) is 0 Å². The van der Waals surface area contributed by atoms with Crippen molar-refractivity contribution in [2.24, 2.45) is 0 Å². The van der Waals surface area contributed by atoms with Crippen molar-refractivity contribution in [2.75, 3.05) is 42.9 Å². The molecule has 0 aromatic carbocycles. The standard InChI is InChI=1S/C16H27N5/c1-2-20-10-12-21(13-11-20)15-8-9-17-16(19-15)18-14-6-4-3-5-7-14/h8-9,14H,2-7,10-13H2,1H3,(H,17,18,19). The lowest BCUT2D eigenvalue weighted by molar-refractivity contribution is 0.270. The van der Waals surface area contributed by atoms with Crippen LogP contribution in [0.1, 0.15) is 39.0 Å². The zero-order valence-electron chi connectivity index (χ0n) is 13.1. The number of likely N-dealkylation sites (N-methyl/N-ethyl adjacent to an activating group) is 1. The molecule has 116 valence electrons. The Bertz CT molecular complexity index is 436. The summed E-state index contributed by atoms with van der Waals surface area (Å²) in [5.41, 5.74) is 0. The maximum Gasteiger partial charge on any atom is 0.224 e. The number of hydrogen-bond acceptors (Lipinski definition) is 5. The van der Waals surface area contributed by atoms with Crippen LogP contribution in [0.25, 0.3) is 0 Å². The highest BCUT2D eigenvalue weighted by atomic mass is 15.3. The third-order valence-electron chi connectivity index (χ3n) is 4.72. The summed E-state index contributed by atoms with van der Waals surface area (Å²) < 4.78 is 0. The molecule has 1 aliphatic carbocycles. The van der Waals surface area contributed by atoms with E-state index in [2.05, 4.69) is 27.0 Å². The first kappa shape index (κ1) is 14.6. The topological polar surface area (TPSA) is 44.3 Å². The molecule has 0 bridgehead atoms. The smallest absolute Gasteiger partial charge is 0.224 e. The SMILES string of the molecule is CCN1CCN(c2ccnc(NC3CCCCC3)n2)CC1. The van der Waals surface area contributed by atoms with Gasteiger partial charge in [0.25, 0.3) is 0 Å². The van der Waals surface area contributed by atoms with Gasteiger partial charge in [0, 0.05) is 38.4 Å². The van der Waals surface area contributed by atoms with Gasteiger partial charge in [-0.05, 0) is 25.5 Å². The largest absolute Gasteiger partial charge is 0.354 e. The summed E-state index contributed by atoms with van der Waals surface area (Å²) >= 11 is 0. The molecule has 0 atom stereocenters. The molecule has 2 heterocycles. The molecule has 1 aliphatic heterocycles. The summed E-state index contributed by atoms with van der Waals surface area (Å²) in [7, 11) is 0. The van der Waals surface area contributed by atoms with E-state index in [1.165, 1.54) is 32.1 Å². The average Bonchev–Trinajstić information content (AvgIpc) is 2.56. The normalized spacial score (nSPS) is 21.5. The zero-order chi connectivity index (χ0) is 14.5. The molecule has 5 heteroatoms. The van der Waals surface area contributed by atoms with Crippen LogP contribution in [0.5, 0.6) is 0 Å². The van der Waals surface area contributed by atoms with Crippen LogP contribution in [0.15, 0.2) is 12.3 Å². The molecule has 0 spiro atoms. The fraction of sp³-hybridized carbons (Fsp3) is 0.750. The molecule has 2 aliphatic rings. The van der Waals surface area contributed by atoms with Gasteiger partial charge < -0.3 is 15.1 Å². The van der Waals surface area contributed by atoms with Crippen LogP contribution in [0.2, 0.25) is 0 Å². The zero-order valence-corrected chi connectivity index (χ0v) is 13.1. The van der Waals surface area contributed by atoms with E-state index in [1.54, 1.807) is 0 Å². The van der Waals surface area contributed by atoms with Crippen LogP contribution >= 0.6 is 0 Å². The summed E-state index contributed by atoms with van der Waals surface area (Å²) in [4.78, 5) is 14.0. The second kappa shape index (κ2) is 7.07. The number of nitrogens with one attached hydrogen (secondary N) is 1. The Morgan fingerprint density at radius 3 is 2.62 bits per heavy atom. The average molecular weight is 289 g/mol. The molecule has 0 radical (unpaired) electrons. The number of piperazine rings is 1. The van der Waals surface area contributed by atoms with Crippen molar-refractivity contribution >= 4 is 11.8 Å². The van der Waals surface area contributed by atoms with E-state index in [0.717, 1.165) is 44.5 Å². The van der Waals surface area contributed by atoms with Gasteiger partial charge >= 0.3 is 0 Å². The van der Waals surface area contributed by atoms with Gasteiger partial charge in [-0.15, -0.1) is 0 Å². The van der Waals surface area contributed by atoms with Gasteiger partial charge in [-0.2, -0.15) is 4.98 Å². The summed E-state index contributed by atoms with van der Waals surface area (Å²) in [6.45, 7) is 7.76. The first-order chi connectivity index (χ1) is 10.3. The van der Waals surface area contributed by atoms with Crippen LogP contribution in [0.4, 0.5) is 11.8 Å². The molecule has 3 rings (SSSR count). The number of rotatable bonds is 4. The molecule has 2 fully saturated rings. The van der Waals surface area contributed by atoms with Gasteiger partial charge in [0.15, 0.2) is 0 Å². The first-order valence-electron chi connectivity index (χ1n) is 8.42. The van der Waals surface area contributed by atoms with Crippen LogP contribution in [0.3, 0.4) is 0 Å². The third kappa shape index (κ3) is 3.84. The number of hydrogen-bond donors (Lipinski definition) is 1. The van der Waals surface area contributed by atoms with Crippen molar-refractivity contribution in [3.63, 3.8) is 0 Å². The summed E-state index contributed by atoms with van der Waals surface area (Å²) in [5.74, 6) is 1.87. The Morgan fingerprint density at radius 1 is 1.14 bits per heavy atom. The van der Waals surface area contributed by atoms with Crippen molar-refractivity contribution in [3.8, 4) is 0 Å². The monoisotopic (exact) mass is 289 g/mol. The lowest BCUT2D eigenvalue weighted by Crippen LogP contribution is -2.46. The van der Waals surface area contributed by atoms with Gasteiger partial charge in [-0.1, -0.05) is 26.2 Å². The Hall–Kier alpha value is -1.36. The Balaban J connectivity index is 1.60. The number of nitrogens with zero attached hydrogens (tertiary/aromatic N) is 4.